The molecule has 0 fully saturated rings. The van der Waals surface area contributed by atoms with Crippen LogP contribution >= 0.6 is 0 Å². The maximum absolute atomic E-state index is 2.36. The molecule has 0 aliphatic carbocycles. The van der Waals surface area contributed by atoms with Crippen LogP contribution in [0.25, 0.3) is 34.4 Å². The zero-order valence-corrected chi connectivity index (χ0v) is 42.5. The molecule has 8 aromatic carbocycles. The van der Waals surface area contributed by atoms with Gasteiger partial charge < -0.3 is 9.80 Å². The van der Waals surface area contributed by atoms with Crippen LogP contribution in [0.4, 0.5) is 34.1 Å². The van der Waals surface area contributed by atoms with Crippen molar-refractivity contribution in [3.63, 3.8) is 0 Å². The minimum Gasteiger partial charge on any atom is -0.311 e. The predicted molar refractivity (Wildman–Crippen MR) is 297 cm³/mol. The van der Waals surface area contributed by atoms with Crippen LogP contribution in [0.15, 0.2) is 194 Å². The van der Waals surface area contributed by atoms with Crippen LogP contribution in [-0.4, -0.2) is 0 Å². The number of benzene rings is 8. The van der Waals surface area contributed by atoms with E-state index in [1.54, 1.807) is 0 Å². The molecule has 0 saturated carbocycles. The molecule has 0 atom stereocenters. The van der Waals surface area contributed by atoms with E-state index in [0.717, 1.165) is 34.1 Å². The van der Waals surface area contributed by atoms with Gasteiger partial charge in [-0.15, -0.1) is 0 Å². The van der Waals surface area contributed by atoms with E-state index in [1.807, 2.05) is 0 Å². The van der Waals surface area contributed by atoms with Crippen molar-refractivity contribution in [2.75, 3.05) is 9.80 Å². The van der Waals surface area contributed by atoms with Gasteiger partial charge in [0.15, 0.2) is 0 Å². The maximum atomic E-state index is 2.36. The Labute approximate surface area is 408 Å². The third-order valence-corrected chi connectivity index (χ3v) is 13.2. The molecule has 0 unspecified atom stereocenters. The molecular weight excluding hydrogens is 821 g/mol. The van der Waals surface area contributed by atoms with E-state index >= 15 is 0 Å². The molecule has 68 heavy (non-hydrogen) atoms. The molecule has 0 aromatic heterocycles. The maximum Gasteiger partial charge on any atom is 0.0462 e. The summed E-state index contributed by atoms with van der Waals surface area (Å²) in [6.45, 7) is 27.2. The highest BCUT2D eigenvalue weighted by molar-refractivity contribution is 5.81. The van der Waals surface area contributed by atoms with Crippen LogP contribution in [0, 0.1) is 0 Å². The Balaban J connectivity index is 0.958. The smallest absolute Gasteiger partial charge is 0.0462 e. The first-order valence-electron chi connectivity index (χ1n) is 24.3. The van der Waals surface area contributed by atoms with Gasteiger partial charge in [-0.3, -0.25) is 0 Å². The largest absolute Gasteiger partial charge is 0.311 e. The summed E-state index contributed by atoms with van der Waals surface area (Å²) in [6.07, 6.45) is 4.39. The van der Waals surface area contributed by atoms with E-state index in [1.165, 1.54) is 55.6 Å². The Kier molecular flexibility index (Phi) is 13.3. The molecule has 0 N–H and O–H groups in total. The standard InChI is InChI=1S/C66H70N2/c1-63(2,3)53-27-39-59(40-28-53)67(60-41-29-54(30-42-60)64(4,5)6)57-35-23-51(24-36-57)49-19-15-47(16-20-49)13-14-48-17-21-50(22-18-48)52-25-37-58(38-26-52)68(61-43-31-55(32-44-61)65(7,8)9)62-45-33-56(34-46-62)66(10,11)12/h13-46H,1-12H3. The third kappa shape index (κ3) is 11.1. The summed E-state index contributed by atoms with van der Waals surface area (Å²) in [7, 11) is 0. The lowest BCUT2D eigenvalue weighted by molar-refractivity contribution is 0.590. The molecule has 344 valence electrons. The first-order valence-corrected chi connectivity index (χ1v) is 24.3. The zero-order chi connectivity index (χ0) is 48.4. The first kappa shape index (κ1) is 47.6. The lowest BCUT2D eigenvalue weighted by atomic mass is 9.86. The number of anilines is 6. The summed E-state index contributed by atoms with van der Waals surface area (Å²) < 4.78 is 0. The topological polar surface area (TPSA) is 6.48 Å². The summed E-state index contributed by atoms with van der Waals surface area (Å²) in [5, 5.41) is 0. The van der Waals surface area contributed by atoms with Crippen LogP contribution in [0.2, 0.25) is 0 Å². The second kappa shape index (κ2) is 19.0. The van der Waals surface area contributed by atoms with Gasteiger partial charge in [-0.1, -0.05) is 217 Å². The van der Waals surface area contributed by atoms with Gasteiger partial charge >= 0.3 is 0 Å². The Hall–Kier alpha value is -6.90. The van der Waals surface area contributed by atoms with E-state index in [-0.39, 0.29) is 21.7 Å². The summed E-state index contributed by atoms with van der Waals surface area (Å²) in [4.78, 5) is 4.71. The molecule has 0 aliphatic heterocycles. The molecule has 0 bridgehead atoms. The van der Waals surface area contributed by atoms with Crippen LogP contribution < -0.4 is 9.80 Å². The zero-order valence-electron chi connectivity index (χ0n) is 42.5. The summed E-state index contributed by atoms with van der Waals surface area (Å²) in [5.41, 5.74) is 19.6. The number of nitrogens with zero attached hydrogens (tertiary/aromatic N) is 2. The van der Waals surface area contributed by atoms with Crippen molar-refractivity contribution in [1.82, 2.24) is 0 Å². The van der Waals surface area contributed by atoms with E-state index in [2.05, 4.69) is 299 Å². The second-order valence-electron chi connectivity index (χ2n) is 22.5. The van der Waals surface area contributed by atoms with Gasteiger partial charge in [0.25, 0.3) is 0 Å². The van der Waals surface area contributed by atoms with Crippen LogP contribution in [0.1, 0.15) is 116 Å². The fourth-order valence-electron chi connectivity index (χ4n) is 8.71. The molecule has 8 rings (SSSR count). The van der Waals surface area contributed by atoms with Crippen molar-refractivity contribution in [3.8, 4) is 22.3 Å². The predicted octanol–water partition coefficient (Wildman–Crippen LogP) is 19.3. The minimum absolute atomic E-state index is 0.0945. The van der Waals surface area contributed by atoms with Gasteiger partial charge in [0.05, 0.1) is 0 Å². The average molecular weight is 891 g/mol. The van der Waals surface area contributed by atoms with Crippen molar-refractivity contribution < 1.29 is 0 Å². The Morgan fingerprint density at radius 2 is 0.382 bits per heavy atom. The van der Waals surface area contributed by atoms with Gasteiger partial charge in [0, 0.05) is 34.1 Å². The number of hydrogen-bond acceptors (Lipinski definition) is 2. The molecule has 0 radical (unpaired) electrons. The number of rotatable bonds is 10. The molecular formula is C66H70N2. The molecule has 0 amide bonds. The highest BCUT2D eigenvalue weighted by atomic mass is 15.1. The van der Waals surface area contributed by atoms with Gasteiger partial charge in [-0.25, -0.2) is 0 Å². The van der Waals surface area contributed by atoms with Gasteiger partial charge in [-0.2, -0.15) is 0 Å². The Morgan fingerprint density at radius 3 is 0.559 bits per heavy atom. The van der Waals surface area contributed by atoms with Crippen LogP contribution in [0.3, 0.4) is 0 Å². The van der Waals surface area contributed by atoms with E-state index in [4.69, 9.17) is 0 Å². The molecule has 2 heteroatoms. The van der Waals surface area contributed by atoms with Gasteiger partial charge in [0.1, 0.15) is 0 Å². The summed E-state index contributed by atoms with van der Waals surface area (Å²) >= 11 is 0. The molecule has 8 aromatic rings. The highest BCUT2D eigenvalue weighted by Gasteiger charge is 2.21. The fraction of sp³-hybridized carbons (Fsp3) is 0.242. The highest BCUT2D eigenvalue weighted by Crippen LogP contribution is 2.40. The molecule has 2 nitrogen and oxygen atoms in total. The lowest BCUT2D eigenvalue weighted by Gasteiger charge is -2.28. The van der Waals surface area contributed by atoms with E-state index in [0.29, 0.717) is 0 Å². The summed E-state index contributed by atoms with van der Waals surface area (Å²) in [5.74, 6) is 0. The van der Waals surface area contributed by atoms with Crippen molar-refractivity contribution in [3.05, 3.63) is 228 Å². The first-order chi connectivity index (χ1) is 32.2. The van der Waals surface area contributed by atoms with Crippen molar-refractivity contribution in [2.45, 2.75) is 105 Å². The Morgan fingerprint density at radius 1 is 0.221 bits per heavy atom. The molecule has 0 aliphatic rings. The van der Waals surface area contributed by atoms with Crippen LogP contribution in [-0.2, 0) is 21.7 Å². The third-order valence-electron chi connectivity index (χ3n) is 13.2. The molecule has 0 heterocycles. The van der Waals surface area contributed by atoms with Crippen molar-refractivity contribution in [2.24, 2.45) is 0 Å². The van der Waals surface area contributed by atoms with Crippen molar-refractivity contribution >= 4 is 46.3 Å². The van der Waals surface area contributed by atoms with E-state index in [9.17, 15) is 0 Å². The minimum atomic E-state index is 0.0945. The van der Waals surface area contributed by atoms with Crippen LogP contribution in [0.5, 0.6) is 0 Å². The second-order valence-corrected chi connectivity index (χ2v) is 22.5. The summed E-state index contributed by atoms with van der Waals surface area (Å²) in [6, 6.07) is 71.7. The fourth-order valence-corrected chi connectivity index (χ4v) is 8.71. The molecule has 0 saturated heterocycles. The van der Waals surface area contributed by atoms with Gasteiger partial charge in [0.2, 0.25) is 0 Å². The van der Waals surface area contributed by atoms with Gasteiger partial charge in [-0.05, 0) is 150 Å². The number of hydrogen-bond donors (Lipinski definition) is 0. The van der Waals surface area contributed by atoms with E-state index < -0.39 is 0 Å². The lowest BCUT2D eigenvalue weighted by Crippen LogP contribution is -2.14. The van der Waals surface area contributed by atoms with Crippen molar-refractivity contribution in [1.29, 1.82) is 0 Å². The quantitative estimate of drug-likeness (QED) is 0.126. The Bertz CT molecular complexity index is 2600. The SMILES string of the molecule is CC(C)(C)c1ccc(N(c2ccc(-c3ccc(C=Cc4ccc(-c5ccc(N(c6ccc(C(C)(C)C)cc6)c6ccc(C(C)(C)C)cc6)cc5)cc4)cc3)cc2)c2ccc(C(C)(C)C)cc2)cc1. The monoisotopic (exact) mass is 891 g/mol. The normalized spacial score (nSPS) is 12.4. The average Bonchev–Trinajstić information content (AvgIpc) is 3.31. The molecule has 0 spiro atoms.